The van der Waals surface area contributed by atoms with Crippen LogP contribution in [0.2, 0.25) is 0 Å². The van der Waals surface area contributed by atoms with Crippen molar-refractivity contribution >= 4 is 50.3 Å². The van der Waals surface area contributed by atoms with Gasteiger partial charge in [0.1, 0.15) is 6.54 Å². The highest BCUT2D eigenvalue weighted by Crippen LogP contribution is 2.43. The first-order valence-corrected chi connectivity index (χ1v) is 14.7. The smallest absolute Gasteiger partial charge is 0.418 e. The molecule has 6 aromatic carbocycles. The maximum absolute atomic E-state index is 9.75. The Labute approximate surface area is 248 Å². The molecule has 7 aromatic rings. The molecular formula is C37H32BF4N. The monoisotopic (exact) mass is 577 g/mol. The molecule has 0 aliphatic carbocycles. The Morgan fingerprint density at radius 3 is 1.77 bits per heavy atom. The topological polar surface area (TPSA) is 3.88 Å². The number of benzene rings is 6. The molecule has 216 valence electrons. The van der Waals surface area contributed by atoms with Crippen LogP contribution in [-0.2, 0) is 6.54 Å². The molecular weight excluding hydrogens is 545 g/mol. The largest absolute Gasteiger partial charge is 0.673 e. The van der Waals surface area contributed by atoms with Crippen LogP contribution in [0.4, 0.5) is 17.3 Å². The minimum absolute atomic E-state index is 0.997. The van der Waals surface area contributed by atoms with E-state index in [0.29, 0.717) is 0 Å². The number of hydrogen-bond donors (Lipinski definition) is 0. The van der Waals surface area contributed by atoms with Crippen molar-refractivity contribution in [1.82, 2.24) is 0 Å². The summed E-state index contributed by atoms with van der Waals surface area (Å²) in [6.07, 6.45) is 4.74. The minimum Gasteiger partial charge on any atom is -0.418 e. The van der Waals surface area contributed by atoms with Crippen molar-refractivity contribution in [3.8, 4) is 22.4 Å². The average Bonchev–Trinajstić information content (AvgIpc) is 2.98. The van der Waals surface area contributed by atoms with Gasteiger partial charge in [0, 0.05) is 17.4 Å². The highest BCUT2D eigenvalue weighted by Gasteiger charge is 2.25. The van der Waals surface area contributed by atoms with Gasteiger partial charge in [-0.2, -0.15) is 4.57 Å². The van der Waals surface area contributed by atoms with E-state index >= 15 is 0 Å². The molecule has 0 bridgehead atoms. The SMILES string of the molecule is CCCC[n+]1cc2c(cc3ccc4cccc5ccc2c3c45)c(-c2ccc(C)cc2)c1-c1ccc(C)cc1.F[B-](F)(F)F. The highest BCUT2D eigenvalue weighted by atomic mass is 19.5. The fourth-order valence-electron chi connectivity index (χ4n) is 6.21. The molecule has 1 aromatic heterocycles. The second-order valence-electron chi connectivity index (χ2n) is 11.3. The van der Waals surface area contributed by atoms with Gasteiger partial charge in [0.2, 0.25) is 5.69 Å². The van der Waals surface area contributed by atoms with Gasteiger partial charge in [-0.25, -0.2) is 0 Å². The van der Waals surface area contributed by atoms with Gasteiger partial charge in [-0.3, -0.25) is 0 Å². The lowest BCUT2D eigenvalue weighted by Crippen LogP contribution is -2.36. The summed E-state index contributed by atoms with van der Waals surface area (Å²) >= 11 is 0. The molecule has 0 aliphatic heterocycles. The summed E-state index contributed by atoms with van der Waals surface area (Å²) in [5, 5.41) is 10.7. The number of aromatic nitrogens is 1. The third-order valence-electron chi connectivity index (χ3n) is 8.19. The molecule has 0 aliphatic rings. The number of pyridine rings is 1. The lowest BCUT2D eigenvalue weighted by molar-refractivity contribution is -0.684. The molecule has 0 amide bonds. The second kappa shape index (κ2) is 11.3. The molecule has 0 unspecified atom stereocenters. The highest BCUT2D eigenvalue weighted by molar-refractivity contribution is 6.50. The number of aryl methyl sites for hydroxylation is 3. The van der Waals surface area contributed by atoms with E-state index in [9.17, 15) is 17.3 Å². The zero-order chi connectivity index (χ0) is 30.3. The number of nitrogens with zero attached hydrogens (tertiary/aromatic N) is 1. The molecule has 0 radical (unpaired) electrons. The van der Waals surface area contributed by atoms with Crippen LogP contribution in [0.3, 0.4) is 0 Å². The Balaban J connectivity index is 0.000000611. The van der Waals surface area contributed by atoms with Gasteiger partial charge in [-0.1, -0.05) is 103 Å². The predicted octanol–water partition coefficient (Wildman–Crippen LogP) is 11.1. The van der Waals surface area contributed by atoms with Crippen LogP contribution in [0, 0.1) is 13.8 Å². The van der Waals surface area contributed by atoms with Crippen LogP contribution >= 0.6 is 0 Å². The van der Waals surface area contributed by atoms with Crippen LogP contribution < -0.4 is 4.57 Å². The number of rotatable bonds is 5. The number of halogens is 4. The van der Waals surface area contributed by atoms with Crippen molar-refractivity contribution in [1.29, 1.82) is 0 Å². The van der Waals surface area contributed by atoms with Gasteiger partial charge in [0.15, 0.2) is 6.20 Å². The van der Waals surface area contributed by atoms with E-state index in [2.05, 4.69) is 129 Å². The molecule has 0 saturated carbocycles. The van der Waals surface area contributed by atoms with Crippen molar-refractivity contribution < 1.29 is 21.8 Å². The van der Waals surface area contributed by atoms with E-state index in [1.54, 1.807) is 0 Å². The Hall–Kier alpha value is -4.45. The van der Waals surface area contributed by atoms with Crippen LogP contribution in [-0.4, -0.2) is 7.25 Å². The van der Waals surface area contributed by atoms with Gasteiger partial charge in [0.05, 0.1) is 10.9 Å². The molecule has 1 heterocycles. The fourth-order valence-corrected chi connectivity index (χ4v) is 6.21. The Kier molecular flexibility index (Phi) is 7.55. The summed E-state index contributed by atoms with van der Waals surface area (Å²) in [7, 11) is -6.00. The molecule has 0 fully saturated rings. The van der Waals surface area contributed by atoms with Crippen molar-refractivity contribution in [3.05, 3.63) is 114 Å². The molecule has 6 heteroatoms. The van der Waals surface area contributed by atoms with Gasteiger partial charge in [-0.05, 0) is 69.9 Å². The zero-order valence-electron chi connectivity index (χ0n) is 24.5. The second-order valence-corrected chi connectivity index (χ2v) is 11.3. The summed E-state index contributed by atoms with van der Waals surface area (Å²) in [5.74, 6) is 0. The first-order valence-electron chi connectivity index (χ1n) is 14.7. The Morgan fingerprint density at radius 2 is 1.16 bits per heavy atom. The van der Waals surface area contributed by atoms with Crippen molar-refractivity contribution in [2.24, 2.45) is 0 Å². The molecule has 1 nitrogen and oxygen atoms in total. The lowest BCUT2D eigenvalue weighted by atomic mass is 9.87. The molecule has 43 heavy (non-hydrogen) atoms. The van der Waals surface area contributed by atoms with Crippen LogP contribution in [0.1, 0.15) is 30.9 Å². The molecule has 0 spiro atoms. The first kappa shape index (κ1) is 28.7. The van der Waals surface area contributed by atoms with Crippen LogP contribution in [0.25, 0.3) is 65.5 Å². The van der Waals surface area contributed by atoms with Crippen molar-refractivity contribution in [2.75, 3.05) is 0 Å². The molecule has 0 atom stereocenters. The maximum atomic E-state index is 9.75. The first-order chi connectivity index (χ1) is 20.6. The summed E-state index contributed by atoms with van der Waals surface area (Å²) in [4.78, 5) is 0. The summed E-state index contributed by atoms with van der Waals surface area (Å²) in [6.45, 7) is 7.61. The van der Waals surface area contributed by atoms with E-state index in [1.165, 1.54) is 76.6 Å². The Morgan fingerprint density at radius 1 is 0.605 bits per heavy atom. The molecule has 7 rings (SSSR count). The van der Waals surface area contributed by atoms with Gasteiger partial charge in [-0.15, -0.1) is 0 Å². The summed E-state index contributed by atoms with van der Waals surface area (Å²) in [6, 6.07) is 36.5. The summed E-state index contributed by atoms with van der Waals surface area (Å²) in [5.41, 5.74) is 7.75. The third-order valence-corrected chi connectivity index (χ3v) is 8.19. The molecule has 0 saturated heterocycles. The predicted molar refractivity (Wildman–Crippen MR) is 173 cm³/mol. The van der Waals surface area contributed by atoms with Crippen LogP contribution in [0.15, 0.2) is 103 Å². The van der Waals surface area contributed by atoms with E-state index < -0.39 is 7.25 Å². The van der Waals surface area contributed by atoms with Gasteiger partial charge >= 0.3 is 7.25 Å². The fraction of sp³-hybridized carbons (Fsp3) is 0.162. The van der Waals surface area contributed by atoms with Gasteiger partial charge < -0.3 is 17.3 Å². The maximum Gasteiger partial charge on any atom is 0.673 e. The lowest BCUT2D eigenvalue weighted by Gasteiger charge is -2.18. The number of unbranched alkanes of at least 4 members (excludes halogenated alkanes) is 1. The number of hydrogen-bond acceptors (Lipinski definition) is 0. The van der Waals surface area contributed by atoms with Gasteiger partial charge in [0.25, 0.3) is 0 Å². The quantitative estimate of drug-likeness (QED) is 0.0630. The summed E-state index contributed by atoms with van der Waals surface area (Å²) < 4.78 is 41.5. The van der Waals surface area contributed by atoms with E-state index in [-0.39, 0.29) is 0 Å². The average molecular weight is 577 g/mol. The van der Waals surface area contributed by atoms with Crippen molar-refractivity contribution in [3.63, 3.8) is 0 Å². The minimum atomic E-state index is -6.00. The van der Waals surface area contributed by atoms with Crippen molar-refractivity contribution in [2.45, 2.75) is 40.2 Å². The number of fused-ring (bicyclic) bond motifs is 2. The van der Waals surface area contributed by atoms with Crippen LogP contribution in [0.5, 0.6) is 0 Å². The third kappa shape index (κ3) is 5.66. The Bertz CT molecular complexity index is 2040. The van der Waals surface area contributed by atoms with E-state index in [4.69, 9.17) is 0 Å². The molecule has 0 N–H and O–H groups in total. The normalized spacial score (nSPS) is 11.9. The standard InChI is InChI=1S/C37H32N.BF4/c1-4-5-21-38-23-33-31-20-19-27-8-6-7-26-17-18-30(35(31)34(26)27)22-32(33)36(28-13-9-24(2)10-14-28)37(38)29-15-11-25(3)12-16-29;2-1(3,4)5/h6-20,22-23H,4-5,21H2,1-3H3;/q+1;-1. The zero-order valence-corrected chi connectivity index (χ0v) is 24.5. The van der Waals surface area contributed by atoms with E-state index in [0.717, 1.165) is 19.4 Å². The van der Waals surface area contributed by atoms with E-state index in [1.807, 2.05) is 0 Å².